The van der Waals surface area contributed by atoms with Crippen LogP contribution in [0.3, 0.4) is 0 Å². The van der Waals surface area contributed by atoms with Crippen LogP contribution in [-0.4, -0.2) is 25.8 Å². The fourth-order valence-electron chi connectivity index (χ4n) is 2.08. The van der Waals surface area contributed by atoms with E-state index >= 15 is 0 Å². The number of alkyl halides is 1. The molecule has 0 radical (unpaired) electrons. The van der Waals surface area contributed by atoms with Gasteiger partial charge in [-0.3, -0.25) is 4.98 Å². The Morgan fingerprint density at radius 2 is 2.05 bits per heavy atom. The molecule has 0 aliphatic carbocycles. The summed E-state index contributed by atoms with van der Waals surface area (Å²) in [4.78, 5) is 4.70. The van der Waals surface area contributed by atoms with Crippen LogP contribution in [0.4, 0.5) is 0 Å². The molecule has 1 aromatic heterocycles. The molecule has 0 aliphatic rings. The Hall–Kier alpha value is -1.32. The normalized spacial score (nSPS) is 10.9. The van der Waals surface area contributed by atoms with E-state index in [1.165, 1.54) is 0 Å². The van der Waals surface area contributed by atoms with Crippen molar-refractivity contribution in [3.63, 3.8) is 0 Å². The number of nitrogens with zero attached hydrogens (tertiary/aromatic N) is 1. The molecular weight excluding hydrogens is 262 g/mol. The number of methoxy groups -OCH3 is 2. The third kappa shape index (κ3) is 3.37. The molecule has 0 bridgehead atoms. The summed E-state index contributed by atoms with van der Waals surface area (Å²) in [5.41, 5.74) is 3.12. The van der Waals surface area contributed by atoms with Crippen LogP contribution in [0.1, 0.15) is 17.7 Å². The smallest absolute Gasteiger partial charge is 0.119 e. The number of rotatable bonds is 6. The molecule has 0 atom stereocenters. The van der Waals surface area contributed by atoms with E-state index in [9.17, 15) is 0 Å². The van der Waals surface area contributed by atoms with E-state index in [1.807, 2.05) is 18.2 Å². The maximum Gasteiger partial charge on any atom is 0.119 e. The van der Waals surface area contributed by atoms with Crippen LogP contribution in [0.15, 0.2) is 24.3 Å². The maximum atomic E-state index is 6.02. The first-order valence-electron chi connectivity index (χ1n) is 6.30. The lowest BCUT2D eigenvalue weighted by Gasteiger charge is -2.09. The van der Waals surface area contributed by atoms with Crippen LogP contribution < -0.4 is 4.74 Å². The van der Waals surface area contributed by atoms with Crippen molar-refractivity contribution >= 4 is 22.5 Å². The molecular formula is C15H18ClNO2. The number of hydrogen-bond acceptors (Lipinski definition) is 3. The SMILES string of the molecule is COCCCc1nc2ccc(OC)cc2cc1CCl. The molecule has 0 N–H and O–H groups in total. The number of pyridine rings is 1. The van der Waals surface area contributed by atoms with E-state index in [4.69, 9.17) is 26.1 Å². The van der Waals surface area contributed by atoms with Crippen LogP contribution in [0, 0.1) is 0 Å². The first kappa shape index (κ1) is 14.1. The average Bonchev–Trinajstić information content (AvgIpc) is 2.46. The number of halogens is 1. The molecule has 0 amide bonds. The molecule has 0 fully saturated rings. The molecule has 2 rings (SSSR count). The zero-order valence-electron chi connectivity index (χ0n) is 11.3. The molecule has 0 aliphatic heterocycles. The fraction of sp³-hybridized carbons (Fsp3) is 0.400. The fourth-order valence-corrected chi connectivity index (χ4v) is 2.31. The first-order valence-corrected chi connectivity index (χ1v) is 6.83. The second-order valence-electron chi connectivity index (χ2n) is 4.38. The van der Waals surface area contributed by atoms with Crippen molar-refractivity contribution in [1.29, 1.82) is 0 Å². The van der Waals surface area contributed by atoms with Crippen LogP contribution in [0.25, 0.3) is 10.9 Å². The molecule has 3 nitrogen and oxygen atoms in total. The van der Waals surface area contributed by atoms with Gasteiger partial charge in [0.2, 0.25) is 0 Å². The second-order valence-corrected chi connectivity index (χ2v) is 4.65. The van der Waals surface area contributed by atoms with Crippen molar-refractivity contribution in [3.05, 3.63) is 35.5 Å². The van der Waals surface area contributed by atoms with E-state index < -0.39 is 0 Å². The predicted molar refractivity (Wildman–Crippen MR) is 78.0 cm³/mol. The van der Waals surface area contributed by atoms with Gasteiger partial charge in [0.1, 0.15) is 5.75 Å². The Bertz CT molecular complexity index is 557. The minimum Gasteiger partial charge on any atom is -0.497 e. The minimum atomic E-state index is 0.475. The Morgan fingerprint density at radius 1 is 1.21 bits per heavy atom. The first-order chi connectivity index (χ1) is 9.28. The van der Waals surface area contributed by atoms with Gasteiger partial charge in [0.25, 0.3) is 0 Å². The zero-order valence-corrected chi connectivity index (χ0v) is 12.0. The zero-order chi connectivity index (χ0) is 13.7. The second kappa shape index (κ2) is 6.73. The molecule has 4 heteroatoms. The number of fused-ring (bicyclic) bond motifs is 1. The van der Waals surface area contributed by atoms with Crippen LogP contribution in [0.2, 0.25) is 0 Å². The van der Waals surface area contributed by atoms with Gasteiger partial charge in [-0.2, -0.15) is 0 Å². The van der Waals surface area contributed by atoms with Gasteiger partial charge in [0.05, 0.1) is 12.6 Å². The number of aromatic nitrogens is 1. The highest BCUT2D eigenvalue weighted by Crippen LogP contribution is 2.23. The Balaban J connectivity index is 2.35. The summed E-state index contributed by atoms with van der Waals surface area (Å²) in [6.45, 7) is 0.740. The van der Waals surface area contributed by atoms with Gasteiger partial charge in [0.15, 0.2) is 0 Å². The summed E-state index contributed by atoms with van der Waals surface area (Å²) >= 11 is 6.02. The third-order valence-electron chi connectivity index (χ3n) is 3.10. The largest absolute Gasteiger partial charge is 0.497 e. The molecule has 1 heterocycles. The van der Waals surface area contributed by atoms with Crippen molar-refractivity contribution in [2.24, 2.45) is 0 Å². The van der Waals surface area contributed by atoms with Crippen LogP contribution >= 0.6 is 11.6 Å². The van der Waals surface area contributed by atoms with Gasteiger partial charge < -0.3 is 9.47 Å². The van der Waals surface area contributed by atoms with Gasteiger partial charge in [0, 0.05) is 30.7 Å². The third-order valence-corrected chi connectivity index (χ3v) is 3.38. The molecule has 1 aromatic carbocycles. The standard InChI is InChI=1S/C15H18ClNO2/c1-18-7-3-4-14-12(10-16)8-11-9-13(19-2)5-6-15(11)17-14/h5-6,8-9H,3-4,7,10H2,1-2H3. The summed E-state index contributed by atoms with van der Waals surface area (Å²) < 4.78 is 10.3. The van der Waals surface area contributed by atoms with E-state index in [2.05, 4.69) is 6.07 Å². The quantitative estimate of drug-likeness (QED) is 0.598. The molecule has 0 saturated heterocycles. The van der Waals surface area contributed by atoms with Gasteiger partial charge in [-0.15, -0.1) is 11.6 Å². The van der Waals surface area contributed by atoms with Crippen molar-refractivity contribution < 1.29 is 9.47 Å². The summed E-state index contributed by atoms with van der Waals surface area (Å²) in [5, 5.41) is 1.06. The monoisotopic (exact) mass is 279 g/mol. The van der Waals surface area contributed by atoms with Crippen molar-refractivity contribution in [2.45, 2.75) is 18.7 Å². The van der Waals surface area contributed by atoms with Gasteiger partial charge in [-0.1, -0.05) is 0 Å². The summed E-state index contributed by atoms with van der Waals surface area (Å²) in [6, 6.07) is 7.98. The van der Waals surface area contributed by atoms with Crippen LogP contribution in [-0.2, 0) is 17.0 Å². The van der Waals surface area contributed by atoms with Gasteiger partial charge >= 0.3 is 0 Å². The summed E-state index contributed by atoms with van der Waals surface area (Å²) in [5.74, 6) is 1.31. The molecule has 102 valence electrons. The number of hydrogen-bond donors (Lipinski definition) is 0. The number of aryl methyl sites for hydroxylation is 1. The number of benzene rings is 1. The lowest BCUT2D eigenvalue weighted by Crippen LogP contribution is -2.00. The van der Waals surface area contributed by atoms with E-state index in [1.54, 1.807) is 14.2 Å². The minimum absolute atomic E-state index is 0.475. The highest BCUT2D eigenvalue weighted by Gasteiger charge is 2.07. The summed E-state index contributed by atoms with van der Waals surface area (Å²) in [6.07, 6.45) is 1.84. The van der Waals surface area contributed by atoms with Gasteiger partial charge in [-0.05, 0) is 42.7 Å². The maximum absolute atomic E-state index is 6.02. The van der Waals surface area contributed by atoms with Crippen molar-refractivity contribution in [1.82, 2.24) is 4.98 Å². The highest BCUT2D eigenvalue weighted by molar-refractivity contribution is 6.17. The van der Waals surface area contributed by atoms with Gasteiger partial charge in [-0.25, -0.2) is 0 Å². The van der Waals surface area contributed by atoms with Crippen molar-refractivity contribution in [3.8, 4) is 5.75 Å². The summed E-state index contributed by atoms with van der Waals surface area (Å²) in [7, 11) is 3.37. The van der Waals surface area contributed by atoms with E-state index in [0.717, 1.165) is 47.4 Å². The molecule has 2 aromatic rings. The Labute approximate surface area is 118 Å². The number of ether oxygens (including phenoxy) is 2. The topological polar surface area (TPSA) is 31.4 Å². The average molecular weight is 280 g/mol. The molecule has 0 unspecified atom stereocenters. The molecule has 0 spiro atoms. The predicted octanol–water partition coefficient (Wildman–Crippen LogP) is 3.56. The van der Waals surface area contributed by atoms with Crippen molar-refractivity contribution in [2.75, 3.05) is 20.8 Å². The lowest BCUT2D eigenvalue weighted by atomic mass is 10.1. The Kier molecular flexibility index (Phi) is 5.00. The van der Waals surface area contributed by atoms with E-state index in [-0.39, 0.29) is 0 Å². The molecule has 19 heavy (non-hydrogen) atoms. The molecule has 0 saturated carbocycles. The highest BCUT2D eigenvalue weighted by atomic mass is 35.5. The van der Waals surface area contributed by atoms with Crippen LogP contribution in [0.5, 0.6) is 5.75 Å². The van der Waals surface area contributed by atoms with E-state index in [0.29, 0.717) is 5.88 Å². The lowest BCUT2D eigenvalue weighted by molar-refractivity contribution is 0.195. The Morgan fingerprint density at radius 3 is 2.74 bits per heavy atom.